The topological polar surface area (TPSA) is 71.8 Å². The summed E-state index contributed by atoms with van der Waals surface area (Å²) in [6.45, 7) is 8.05. The van der Waals surface area contributed by atoms with Gasteiger partial charge in [0.1, 0.15) is 11.4 Å². The molecule has 1 saturated carbocycles. The molecule has 10 heteroatoms. The monoisotopic (exact) mass is 517 g/mol. The van der Waals surface area contributed by atoms with Gasteiger partial charge in [0.15, 0.2) is 0 Å². The van der Waals surface area contributed by atoms with Crippen molar-refractivity contribution in [1.29, 1.82) is 0 Å². The molecule has 38 heavy (non-hydrogen) atoms. The van der Waals surface area contributed by atoms with E-state index in [1.165, 1.54) is 25.3 Å². The molecule has 4 aromatic rings. The standard InChI is InChI=1S/C28H26F3N7/c1-18-4-5-22(34-19(2)20-6-9-33-26(11-20)28(29,30)31)12-25(18)38-15-24(35-36-38)21-10-23(14-32-13-21)37-16-27(17-37)7-3-8-27/h4-6,9-15,34H,2-3,7-8,16-17H2,1H3. The largest absolute Gasteiger partial charge is 0.433 e. The molecule has 0 atom stereocenters. The van der Waals surface area contributed by atoms with Crippen molar-refractivity contribution in [2.75, 3.05) is 23.3 Å². The van der Waals surface area contributed by atoms with Crippen molar-refractivity contribution in [3.63, 3.8) is 0 Å². The Morgan fingerprint density at radius 3 is 2.63 bits per heavy atom. The first kappa shape index (κ1) is 24.1. The Hall–Kier alpha value is -4.21. The third kappa shape index (κ3) is 4.51. The molecule has 2 fully saturated rings. The highest BCUT2D eigenvalue weighted by Gasteiger charge is 2.47. The van der Waals surface area contributed by atoms with E-state index in [2.05, 4.69) is 43.1 Å². The lowest BCUT2D eigenvalue weighted by Crippen LogP contribution is -2.59. The number of aromatic nitrogens is 5. The van der Waals surface area contributed by atoms with Gasteiger partial charge < -0.3 is 10.2 Å². The van der Waals surface area contributed by atoms with E-state index in [0.29, 0.717) is 28.1 Å². The second-order valence-corrected chi connectivity index (χ2v) is 10.2. The number of alkyl halides is 3. The van der Waals surface area contributed by atoms with E-state index in [9.17, 15) is 13.2 Å². The lowest BCUT2D eigenvalue weighted by atomic mass is 9.63. The van der Waals surface area contributed by atoms with Crippen LogP contribution in [0.2, 0.25) is 0 Å². The molecule has 1 aliphatic heterocycles. The molecule has 0 radical (unpaired) electrons. The summed E-state index contributed by atoms with van der Waals surface area (Å²) in [5, 5.41) is 11.8. The number of nitrogens with one attached hydrogen (secondary N) is 1. The van der Waals surface area contributed by atoms with Crippen LogP contribution in [0.25, 0.3) is 22.6 Å². The minimum atomic E-state index is -4.53. The highest BCUT2D eigenvalue weighted by Crippen LogP contribution is 2.49. The van der Waals surface area contributed by atoms with Gasteiger partial charge in [-0.3, -0.25) is 9.97 Å². The molecule has 0 bridgehead atoms. The number of rotatable bonds is 6. The molecule has 4 heterocycles. The van der Waals surface area contributed by atoms with Gasteiger partial charge >= 0.3 is 6.18 Å². The average Bonchev–Trinajstić information content (AvgIpc) is 3.33. The Balaban J connectivity index is 1.20. The molecule has 0 amide bonds. The Kier molecular flexibility index (Phi) is 5.70. The molecular formula is C28H26F3N7. The normalized spacial score (nSPS) is 16.2. The van der Waals surface area contributed by atoms with Crippen molar-refractivity contribution in [3.8, 4) is 16.9 Å². The zero-order valence-electron chi connectivity index (χ0n) is 20.8. The van der Waals surface area contributed by atoms with E-state index in [1.807, 2.05) is 37.5 Å². The molecule has 1 aliphatic carbocycles. The number of benzene rings is 1. The quantitative estimate of drug-likeness (QED) is 0.332. The van der Waals surface area contributed by atoms with Gasteiger partial charge in [-0.15, -0.1) is 5.10 Å². The van der Waals surface area contributed by atoms with Gasteiger partial charge in [0, 0.05) is 53.4 Å². The number of aryl methyl sites for hydroxylation is 1. The van der Waals surface area contributed by atoms with Crippen LogP contribution in [0.4, 0.5) is 24.5 Å². The first-order chi connectivity index (χ1) is 18.2. The number of pyridine rings is 2. The van der Waals surface area contributed by atoms with E-state index >= 15 is 0 Å². The fourth-order valence-corrected chi connectivity index (χ4v) is 5.15. The summed E-state index contributed by atoms with van der Waals surface area (Å²) >= 11 is 0. The lowest BCUT2D eigenvalue weighted by molar-refractivity contribution is -0.141. The summed E-state index contributed by atoms with van der Waals surface area (Å²) in [4.78, 5) is 10.2. The number of anilines is 2. The number of hydrogen-bond donors (Lipinski definition) is 1. The van der Waals surface area contributed by atoms with Crippen LogP contribution in [-0.2, 0) is 6.18 Å². The molecule has 6 rings (SSSR count). The SMILES string of the molecule is C=C(Nc1ccc(C)c(-n2cc(-c3cncc(N4CC5(CCC5)C4)c3)nn2)c1)c1ccnc(C(F)(F)F)c1. The molecular weight excluding hydrogens is 491 g/mol. The molecule has 1 saturated heterocycles. The predicted octanol–water partition coefficient (Wildman–Crippen LogP) is 6.12. The zero-order chi connectivity index (χ0) is 26.5. The van der Waals surface area contributed by atoms with E-state index in [4.69, 9.17) is 0 Å². The van der Waals surface area contributed by atoms with Crippen LogP contribution in [0.15, 0.2) is 67.8 Å². The highest BCUT2D eigenvalue weighted by atomic mass is 19.4. The van der Waals surface area contributed by atoms with Crippen LogP contribution >= 0.6 is 0 Å². The van der Waals surface area contributed by atoms with Crippen LogP contribution < -0.4 is 10.2 Å². The summed E-state index contributed by atoms with van der Waals surface area (Å²) in [7, 11) is 0. The van der Waals surface area contributed by atoms with Gasteiger partial charge in [0.25, 0.3) is 0 Å². The Bertz CT molecular complexity index is 1510. The van der Waals surface area contributed by atoms with Gasteiger partial charge in [-0.1, -0.05) is 24.3 Å². The molecule has 194 valence electrons. The molecule has 1 aromatic carbocycles. The Morgan fingerprint density at radius 1 is 1.08 bits per heavy atom. The maximum absolute atomic E-state index is 13.1. The average molecular weight is 518 g/mol. The second kappa shape index (κ2) is 8.97. The molecule has 0 unspecified atom stereocenters. The van der Waals surface area contributed by atoms with Crippen molar-refractivity contribution >= 4 is 17.1 Å². The third-order valence-corrected chi connectivity index (χ3v) is 7.49. The van der Waals surface area contributed by atoms with Gasteiger partial charge in [-0.2, -0.15) is 13.2 Å². The third-order valence-electron chi connectivity index (χ3n) is 7.49. The molecule has 3 aromatic heterocycles. The van der Waals surface area contributed by atoms with Crippen LogP contribution in [0.3, 0.4) is 0 Å². The molecule has 7 nitrogen and oxygen atoms in total. The summed E-state index contributed by atoms with van der Waals surface area (Å²) in [5.74, 6) is 0. The minimum Gasteiger partial charge on any atom is -0.369 e. The summed E-state index contributed by atoms with van der Waals surface area (Å²) in [6, 6.07) is 10.2. The maximum atomic E-state index is 13.1. The number of halogens is 3. The summed E-state index contributed by atoms with van der Waals surface area (Å²) in [5.41, 5.74) is 5.28. The molecule has 2 aliphatic rings. The van der Waals surface area contributed by atoms with Crippen molar-refractivity contribution in [2.24, 2.45) is 5.41 Å². The first-order valence-corrected chi connectivity index (χ1v) is 12.4. The minimum absolute atomic E-state index is 0.301. The van der Waals surface area contributed by atoms with E-state index in [-0.39, 0.29) is 0 Å². The number of nitrogens with zero attached hydrogens (tertiary/aromatic N) is 6. The van der Waals surface area contributed by atoms with Gasteiger partial charge in [-0.05, 0) is 55.7 Å². The predicted molar refractivity (Wildman–Crippen MR) is 140 cm³/mol. The molecule has 1 spiro atoms. The van der Waals surface area contributed by atoms with Crippen LogP contribution in [-0.4, -0.2) is 38.1 Å². The van der Waals surface area contributed by atoms with Crippen molar-refractivity contribution in [3.05, 3.63) is 84.6 Å². The number of hydrogen-bond acceptors (Lipinski definition) is 6. The van der Waals surface area contributed by atoms with Crippen LogP contribution in [0.5, 0.6) is 0 Å². The zero-order valence-corrected chi connectivity index (χ0v) is 20.8. The first-order valence-electron chi connectivity index (χ1n) is 12.4. The van der Waals surface area contributed by atoms with Crippen molar-refractivity contribution in [2.45, 2.75) is 32.4 Å². The van der Waals surface area contributed by atoms with Gasteiger partial charge in [0.05, 0.1) is 23.8 Å². The molecule has 1 N–H and O–H groups in total. The van der Waals surface area contributed by atoms with Crippen LogP contribution in [0.1, 0.15) is 36.1 Å². The van der Waals surface area contributed by atoms with Crippen molar-refractivity contribution in [1.82, 2.24) is 25.0 Å². The fraction of sp³-hybridized carbons (Fsp3) is 0.286. The summed E-state index contributed by atoms with van der Waals surface area (Å²) in [6.07, 6.45) is 6.11. The Morgan fingerprint density at radius 2 is 1.89 bits per heavy atom. The lowest BCUT2D eigenvalue weighted by Gasteiger charge is -2.56. The van der Waals surface area contributed by atoms with E-state index in [0.717, 1.165) is 47.9 Å². The van der Waals surface area contributed by atoms with E-state index < -0.39 is 11.9 Å². The van der Waals surface area contributed by atoms with Crippen molar-refractivity contribution < 1.29 is 13.2 Å². The highest BCUT2D eigenvalue weighted by molar-refractivity contribution is 5.76. The second-order valence-electron chi connectivity index (χ2n) is 10.2. The van der Waals surface area contributed by atoms with Gasteiger partial charge in [0.2, 0.25) is 0 Å². The fourth-order valence-electron chi connectivity index (χ4n) is 5.15. The Labute approximate surface area is 218 Å². The van der Waals surface area contributed by atoms with Gasteiger partial charge in [-0.25, -0.2) is 4.68 Å². The smallest absolute Gasteiger partial charge is 0.369 e. The van der Waals surface area contributed by atoms with E-state index in [1.54, 1.807) is 10.9 Å². The summed E-state index contributed by atoms with van der Waals surface area (Å²) < 4.78 is 40.9. The van der Waals surface area contributed by atoms with Crippen LogP contribution in [0, 0.1) is 12.3 Å². The maximum Gasteiger partial charge on any atom is 0.433 e.